The molecule has 0 spiro atoms. The second-order valence-electron chi connectivity index (χ2n) is 4.98. The number of aliphatic hydroxyl groups excluding tert-OH is 1. The molecule has 0 radical (unpaired) electrons. The predicted molar refractivity (Wildman–Crippen MR) is 100 cm³/mol. The number of ether oxygens (including phenoxy) is 2. The summed E-state index contributed by atoms with van der Waals surface area (Å²) >= 11 is 15.9. The molecule has 0 heterocycles. The summed E-state index contributed by atoms with van der Waals surface area (Å²) in [4.78, 5) is 0. The summed E-state index contributed by atoms with van der Waals surface area (Å²) in [6.07, 6.45) is 0. The molecular weight excluding hydrogens is 417 g/mol. The maximum absolute atomic E-state index is 8.84. The van der Waals surface area contributed by atoms with E-state index in [4.69, 9.17) is 37.8 Å². The van der Waals surface area contributed by atoms with Gasteiger partial charge in [-0.2, -0.15) is 0 Å². The van der Waals surface area contributed by atoms with Gasteiger partial charge in [-0.3, -0.25) is 0 Å². The minimum atomic E-state index is 0.0918. The van der Waals surface area contributed by atoms with Crippen molar-refractivity contribution in [2.45, 2.75) is 13.2 Å². The van der Waals surface area contributed by atoms with Gasteiger partial charge in [-0.25, -0.2) is 0 Å². The highest BCUT2D eigenvalue weighted by Gasteiger charge is 2.12. The van der Waals surface area contributed by atoms with Crippen molar-refractivity contribution >= 4 is 39.1 Å². The van der Waals surface area contributed by atoms with E-state index in [1.807, 2.05) is 12.1 Å². The fourth-order valence-corrected chi connectivity index (χ4v) is 3.08. The van der Waals surface area contributed by atoms with E-state index in [0.29, 0.717) is 34.6 Å². The first-order valence-corrected chi connectivity index (χ1v) is 8.85. The van der Waals surface area contributed by atoms with E-state index in [9.17, 15) is 0 Å². The average molecular weight is 435 g/mol. The smallest absolute Gasteiger partial charge is 0.162 e. The van der Waals surface area contributed by atoms with Crippen molar-refractivity contribution in [3.63, 3.8) is 0 Å². The molecule has 24 heavy (non-hydrogen) atoms. The van der Waals surface area contributed by atoms with E-state index >= 15 is 0 Å². The summed E-state index contributed by atoms with van der Waals surface area (Å²) in [5, 5.41) is 13.1. The second kappa shape index (κ2) is 9.49. The van der Waals surface area contributed by atoms with Gasteiger partial charge in [-0.15, -0.1) is 0 Å². The molecule has 2 rings (SSSR count). The van der Waals surface area contributed by atoms with Gasteiger partial charge in [-0.1, -0.05) is 45.2 Å². The molecule has 130 valence electrons. The Morgan fingerprint density at radius 2 is 1.88 bits per heavy atom. The zero-order valence-electron chi connectivity index (χ0n) is 13.1. The fourth-order valence-electron chi connectivity index (χ4n) is 2.11. The summed E-state index contributed by atoms with van der Waals surface area (Å²) in [6, 6.07) is 9.07. The van der Waals surface area contributed by atoms with Crippen LogP contribution in [0.15, 0.2) is 34.8 Å². The van der Waals surface area contributed by atoms with Crippen LogP contribution in [0, 0.1) is 0 Å². The molecule has 2 aromatic carbocycles. The van der Waals surface area contributed by atoms with Crippen molar-refractivity contribution < 1.29 is 14.6 Å². The number of methoxy groups -OCH3 is 1. The number of halogens is 3. The fraction of sp³-hybridized carbons (Fsp3) is 0.294. The van der Waals surface area contributed by atoms with Crippen molar-refractivity contribution in [2.75, 3.05) is 20.3 Å². The van der Waals surface area contributed by atoms with Crippen LogP contribution in [0.3, 0.4) is 0 Å². The Kier molecular flexibility index (Phi) is 7.65. The molecule has 0 saturated heterocycles. The van der Waals surface area contributed by atoms with Gasteiger partial charge in [0.15, 0.2) is 11.5 Å². The predicted octanol–water partition coefficient (Wildman–Crippen LogP) is 4.43. The average Bonchev–Trinajstić information content (AvgIpc) is 2.56. The van der Waals surface area contributed by atoms with Gasteiger partial charge in [0.1, 0.15) is 6.61 Å². The van der Waals surface area contributed by atoms with Gasteiger partial charge >= 0.3 is 0 Å². The van der Waals surface area contributed by atoms with Crippen molar-refractivity contribution in [3.05, 3.63) is 56.0 Å². The Hall–Kier alpha value is -0.980. The van der Waals surface area contributed by atoms with Gasteiger partial charge in [0.05, 0.1) is 13.7 Å². The third-order valence-electron chi connectivity index (χ3n) is 3.37. The van der Waals surface area contributed by atoms with E-state index in [2.05, 4.69) is 21.2 Å². The number of hydrogen-bond acceptors (Lipinski definition) is 4. The van der Waals surface area contributed by atoms with Crippen molar-refractivity contribution in [3.8, 4) is 11.5 Å². The van der Waals surface area contributed by atoms with Crippen LogP contribution in [0.25, 0.3) is 0 Å². The Morgan fingerprint density at radius 3 is 2.50 bits per heavy atom. The highest BCUT2D eigenvalue weighted by Crippen LogP contribution is 2.35. The molecule has 0 saturated carbocycles. The van der Waals surface area contributed by atoms with E-state index in [-0.39, 0.29) is 13.2 Å². The van der Waals surface area contributed by atoms with Gasteiger partial charge in [0, 0.05) is 33.2 Å². The Labute approximate surface area is 159 Å². The van der Waals surface area contributed by atoms with Crippen LogP contribution in [0.5, 0.6) is 11.5 Å². The van der Waals surface area contributed by atoms with Gasteiger partial charge in [0.2, 0.25) is 0 Å². The van der Waals surface area contributed by atoms with Crippen molar-refractivity contribution in [1.82, 2.24) is 5.32 Å². The van der Waals surface area contributed by atoms with E-state index < -0.39 is 0 Å². The van der Waals surface area contributed by atoms with Crippen molar-refractivity contribution in [1.29, 1.82) is 0 Å². The SMILES string of the molecule is COc1cc(CNCCO)c(Br)cc1OCc1c(Cl)cccc1Cl. The maximum Gasteiger partial charge on any atom is 0.162 e. The second-order valence-corrected chi connectivity index (χ2v) is 6.65. The molecule has 0 aliphatic heterocycles. The van der Waals surface area contributed by atoms with Crippen LogP contribution in [0.1, 0.15) is 11.1 Å². The van der Waals surface area contributed by atoms with Gasteiger partial charge in [-0.05, 0) is 29.8 Å². The molecule has 2 aromatic rings. The lowest BCUT2D eigenvalue weighted by atomic mass is 10.2. The number of rotatable bonds is 8. The molecule has 0 bridgehead atoms. The first kappa shape index (κ1) is 19.3. The zero-order chi connectivity index (χ0) is 17.5. The molecule has 0 amide bonds. The van der Waals surface area contributed by atoms with Crippen LogP contribution >= 0.6 is 39.1 Å². The Bertz CT molecular complexity index is 678. The lowest BCUT2D eigenvalue weighted by Gasteiger charge is -2.15. The topological polar surface area (TPSA) is 50.7 Å². The summed E-state index contributed by atoms with van der Waals surface area (Å²) < 4.78 is 12.1. The standard InChI is InChI=1S/C17H18BrCl2NO3/c1-23-16-7-11(9-21-5-6-22)13(18)8-17(16)24-10-12-14(19)3-2-4-15(12)20/h2-4,7-8,21-22H,5-6,9-10H2,1H3. The molecule has 0 fully saturated rings. The molecule has 4 nitrogen and oxygen atoms in total. The van der Waals surface area contributed by atoms with Crippen LogP contribution < -0.4 is 14.8 Å². The Balaban J connectivity index is 2.16. The number of aliphatic hydroxyl groups is 1. The minimum Gasteiger partial charge on any atom is -0.493 e. The van der Waals surface area contributed by atoms with Gasteiger partial charge < -0.3 is 19.9 Å². The summed E-state index contributed by atoms with van der Waals surface area (Å²) in [5.41, 5.74) is 1.73. The minimum absolute atomic E-state index is 0.0918. The molecular formula is C17H18BrCl2NO3. The van der Waals surface area contributed by atoms with E-state index in [1.54, 1.807) is 25.3 Å². The normalized spacial score (nSPS) is 10.7. The summed E-state index contributed by atoms with van der Waals surface area (Å²) in [7, 11) is 1.59. The summed E-state index contributed by atoms with van der Waals surface area (Å²) in [6.45, 7) is 1.46. The van der Waals surface area contributed by atoms with Crippen LogP contribution in [-0.4, -0.2) is 25.4 Å². The highest BCUT2D eigenvalue weighted by atomic mass is 79.9. The first-order chi connectivity index (χ1) is 11.6. The molecule has 0 aliphatic carbocycles. The molecule has 2 N–H and O–H groups in total. The number of hydrogen-bond donors (Lipinski definition) is 2. The molecule has 0 atom stereocenters. The monoisotopic (exact) mass is 433 g/mol. The van der Waals surface area contributed by atoms with Gasteiger partial charge in [0.25, 0.3) is 0 Å². The van der Waals surface area contributed by atoms with E-state index in [0.717, 1.165) is 15.6 Å². The van der Waals surface area contributed by atoms with E-state index in [1.165, 1.54) is 0 Å². The quantitative estimate of drug-likeness (QED) is 0.603. The molecule has 0 aromatic heterocycles. The largest absolute Gasteiger partial charge is 0.493 e. The van der Waals surface area contributed by atoms with Crippen molar-refractivity contribution in [2.24, 2.45) is 0 Å². The summed E-state index contributed by atoms with van der Waals surface area (Å²) in [5.74, 6) is 1.20. The first-order valence-electron chi connectivity index (χ1n) is 7.30. The van der Waals surface area contributed by atoms with Crippen LogP contribution in [-0.2, 0) is 13.2 Å². The van der Waals surface area contributed by atoms with Crippen LogP contribution in [0.2, 0.25) is 10.0 Å². The maximum atomic E-state index is 8.84. The highest BCUT2D eigenvalue weighted by molar-refractivity contribution is 9.10. The molecule has 0 unspecified atom stereocenters. The lowest BCUT2D eigenvalue weighted by Crippen LogP contribution is -2.17. The lowest BCUT2D eigenvalue weighted by molar-refractivity contribution is 0.283. The Morgan fingerprint density at radius 1 is 1.17 bits per heavy atom. The van der Waals surface area contributed by atoms with Crippen LogP contribution in [0.4, 0.5) is 0 Å². The third kappa shape index (κ3) is 5.01. The molecule has 7 heteroatoms. The number of nitrogens with one attached hydrogen (secondary N) is 1. The third-order valence-corrected chi connectivity index (χ3v) is 4.82. The number of benzene rings is 2. The molecule has 0 aliphatic rings. The zero-order valence-corrected chi connectivity index (χ0v) is 16.2.